The fourth-order valence-corrected chi connectivity index (χ4v) is 2.13. The lowest BCUT2D eigenvalue weighted by Crippen LogP contribution is -2.01. The molecule has 0 saturated carbocycles. The first-order chi connectivity index (χ1) is 9.02. The molecule has 0 radical (unpaired) electrons. The summed E-state index contributed by atoms with van der Waals surface area (Å²) in [5.74, 6) is -0.309. The summed E-state index contributed by atoms with van der Waals surface area (Å²) in [5, 5.41) is 10.3. The van der Waals surface area contributed by atoms with Gasteiger partial charge in [-0.25, -0.2) is 4.39 Å². The number of ether oxygens (including phenoxy) is 1. The number of halogens is 2. The third-order valence-corrected chi connectivity index (χ3v) is 3.88. The number of hydrogen-bond donors (Lipinski definition) is 1. The van der Waals surface area contributed by atoms with E-state index in [1.54, 1.807) is 6.07 Å². The van der Waals surface area contributed by atoms with Gasteiger partial charge in [0.2, 0.25) is 0 Å². The Balaban J connectivity index is 2.35. The van der Waals surface area contributed by atoms with Crippen molar-refractivity contribution < 1.29 is 14.2 Å². The number of benzene rings is 2. The summed E-state index contributed by atoms with van der Waals surface area (Å²) in [4.78, 5) is 0. The zero-order valence-electron chi connectivity index (χ0n) is 10.7. The summed E-state index contributed by atoms with van der Waals surface area (Å²) in [5.41, 5.74) is 2.25. The highest BCUT2D eigenvalue weighted by atomic mass is 79.9. The van der Waals surface area contributed by atoms with Gasteiger partial charge in [0.15, 0.2) is 11.6 Å². The van der Waals surface area contributed by atoms with Crippen molar-refractivity contribution in [2.24, 2.45) is 0 Å². The van der Waals surface area contributed by atoms with Gasteiger partial charge in [-0.3, -0.25) is 0 Å². The molecule has 2 aromatic rings. The monoisotopic (exact) mass is 324 g/mol. The zero-order chi connectivity index (χ0) is 14.0. The molecule has 0 aliphatic carbocycles. The normalized spacial score (nSPS) is 12.3. The second kappa shape index (κ2) is 5.72. The van der Waals surface area contributed by atoms with E-state index in [-0.39, 0.29) is 5.75 Å². The van der Waals surface area contributed by atoms with Crippen molar-refractivity contribution in [3.63, 3.8) is 0 Å². The molecular weight excluding hydrogens is 311 g/mol. The van der Waals surface area contributed by atoms with Crippen molar-refractivity contribution in [1.82, 2.24) is 0 Å². The molecule has 1 atom stereocenters. The number of aliphatic hydroxyl groups excluding tert-OH is 1. The molecule has 0 aliphatic heterocycles. The molecule has 0 spiro atoms. The molecular formula is C15H14BrFO2. The topological polar surface area (TPSA) is 29.5 Å². The quantitative estimate of drug-likeness (QED) is 0.925. The molecule has 2 rings (SSSR count). The van der Waals surface area contributed by atoms with E-state index in [1.165, 1.54) is 19.2 Å². The average molecular weight is 325 g/mol. The first-order valence-corrected chi connectivity index (χ1v) is 6.59. The van der Waals surface area contributed by atoms with Crippen molar-refractivity contribution in [3.05, 3.63) is 63.4 Å². The van der Waals surface area contributed by atoms with Gasteiger partial charge in [0.25, 0.3) is 0 Å². The third-order valence-electron chi connectivity index (χ3n) is 2.99. The molecule has 2 aromatic carbocycles. The molecule has 19 heavy (non-hydrogen) atoms. The van der Waals surface area contributed by atoms with Crippen LogP contribution in [-0.2, 0) is 0 Å². The van der Waals surface area contributed by atoms with E-state index in [1.807, 2.05) is 25.1 Å². The highest BCUT2D eigenvalue weighted by molar-refractivity contribution is 9.10. The molecule has 100 valence electrons. The van der Waals surface area contributed by atoms with Gasteiger partial charge in [0.05, 0.1) is 7.11 Å². The van der Waals surface area contributed by atoms with Crippen LogP contribution in [-0.4, -0.2) is 12.2 Å². The summed E-state index contributed by atoms with van der Waals surface area (Å²) < 4.78 is 19.5. The van der Waals surface area contributed by atoms with Crippen molar-refractivity contribution in [2.45, 2.75) is 13.0 Å². The van der Waals surface area contributed by atoms with E-state index < -0.39 is 11.9 Å². The maximum Gasteiger partial charge on any atom is 0.165 e. The number of aliphatic hydroxyl groups is 1. The molecule has 0 aromatic heterocycles. The Morgan fingerprint density at radius 2 is 1.79 bits per heavy atom. The van der Waals surface area contributed by atoms with Gasteiger partial charge >= 0.3 is 0 Å². The number of aryl methyl sites for hydroxylation is 1. The molecule has 0 amide bonds. The van der Waals surface area contributed by atoms with Crippen LogP contribution in [0.15, 0.2) is 40.9 Å². The Morgan fingerprint density at radius 3 is 2.37 bits per heavy atom. The van der Waals surface area contributed by atoms with E-state index in [4.69, 9.17) is 4.74 Å². The van der Waals surface area contributed by atoms with Gasteiger partial charge in [0.1, 0.15) is 6.10 Å². The Morgan fingerprint density at radius 1 is 1.16 bits per heavy atom. The first-order valence-electron chi connectivity index (χ1n) is 5.80. The molecule has 0 fully saturated rings. The van der Waals surface area contributed by atoms with Crippen LogP contribution in [0.1, 0.15) is 22.8 Å². The van der Waals surface area contributed by atoms with Gasteiger partial charge in [0, 0.05) is 4.47 Å². The summed E-state index contributed by atoms with van der Waals surface area (Å²) >= 11 is 3.41. The number of hydrogen-bond acceptors (Lipinski definition) is 2. The molecule has 1 N–H and O–H groups in total. The smallest absolute Gasteiger partial charge is 0.165 e. The standard InChI is InChI=1S/C15H14BrFO2/c1-9-7-10(3-5-12(9)16)15(18)11-4-6-14(19-2)13(17)8-11/h3-8,15,18H,1-2H3. The minimum absolute atomic E-state index is 0.169. The van der Waals surface area contributed by atoms with Crippen molar-refractivity contribution in [3.8, 4) is 5.75 Å². The van der Waals surface area contributed by atoms with E-state index in [0.29, 0.717) is 5.56 Å². The largest absolute Gasteiger partial charge is 0.494 e. The Kier molecular flexibility index (Phi) is 4.22. The SMILES string of the molecule is COc1ccc(C(O)c2ccc(Br)c(C)c2)cc1F. The van der Waals surface area contributed by atoms with E-state index in [9.17, 15) is 9.50 Å². The van der Waals surface area contributed by atoms with Crippen LogP contribution in [0.2, 0.25) is 0 Å². The highest BCUT2D eigenvalue weighted by Gasteiger charge is 2.14. The molecule has 0 aliphatic rings. The third kappa shape index (κ3) is 2.96. The lowest BCUT2D eigenvalue weighted by atomic mass is 10.00. The van der Waals surface area contributed by atoms with Crippen molar-refractivity contribution in [1.29, 1.82) is 0 Å². The number of methoxy groups -OCH3 is 1. The van der Waals surface area contributed by atoms with Crippen LogP contribution in [0.25, 0.3) is 0 Å². The van der Waals surface area contributed by atoms with E-state index >= 15 is 0 Å². The molecule has 4 heteroatoms. The molecule has 2 nitrogen and oxygen atoms in total. The van der Waals surface area contributed by atoms with Crippen LogP contribution in [0.3, 0.4) is 0 Å². The Bertz CT molecular complexity index is 599. The average Bonchev–Trinajstić information content (AvgIpc) is 2.41. The lowest BCUT2D eigenvalue weighted by molar-refractivity contribution is 0.219. The van der Waals surface area contributed by atoms with Gasteiger partial charge < -0.3 is 9.84 Å². The predicted octanol–water partition coefficient (Wildman–Crippen LogP) is 3.99. The molecule has 0 saturated heterocycles. The Labute approximate surface area is 120 Å². The first kappa shape index (κ1) is 14.0. The van der Waals surface area contributed by atoms with Gasteiger partial charge in [-0.05, 0) is 41.8 Å². The lowest BCUT2D eigenvalue weighted by Gasteiger charge is -2.14. The molecule has 0 bridgehead atoms. The fourth-order valence-electron chi connectivity index (χ4n) is 1.88. The maximum absolute atomic E-state index is 13.6. The second-order valence-electron chi connectivity index (χ2n) is 4.31. The predicted molar refractivity (Wildman–Crippen MR) is 75.9 cm³/mol. The van der Waals surface area contributed by atoms with Crippen LogP contribution in [0.5, 0.6) is 5.75 Å². The minimum atomic E-state index is -0.854. The van der Waals surface area contributed by atoms with Crippen LogP contribution in [0.4, 0.5) is 4.39 Å². The summed E-state index contributed by atoms with van der Waals surface area (Å²) in [6, 6.07) is 10.0. The highest BCUT2D eigenvalue weighted by Crippen LogP contribution is 2.28. The van der Waals surface area contributed by atoms with Gasteiger partial charge in [-0.1, -0.05) is 34.1 Å². The fraction of sp³-hybridized carbons (Fsp3) is 0.200. The summed E-state index contributed by atoms with van der Waals surface area (Å²) in [6.45, 7) is 1.94. The summed E-state index contributed by atoms with van der Waals surface area (Å²) in [7, 11) is 1.41. The van der Waals surface area contributed by atoms with E-state index in [2.05, 4.69) is 15.9 Å². The van der Waals surface area contributed by atoms with Crippen molar-refractivity contribution >= 4 is 15.9 Å². The minimum Gasteiger partial charge on any atom is -0.494 e. The van der Waals surface area contributed by atoms with Crippen molar-refractivity contribution in [2.75, 3.05) is 7.11 Å². The van der Waals surface area contributed by atoms with E-state index in [0.717, 1.165) is 15.6 Å². The molecule has 1 unspecified atom stereocenters. The summed E-state index contributed by atoms with van der Waals surface area (Å²) in [6.07, 6.45) is -0.854. The van der Waals surface area contributed by atoms with Crippen LogP contribution in [0, 0.1) is 12.7 Å². The van der Waals surface area contributed by atoms with Crippen LogP contribution >= 0.6 is 15.9 Å². The van der Waals surface area contributed by atoms with Crippen LogP contribution < -0.4 is 4.74 Å². The van der Waals surface area contributed by atoms with Gasteiger partial charge in [-0.15, -0.1) is 0 Å². The van der Waals surface area contributed by atoms with Gasteiger partial charge in [-0.2, -0.15) is 0 Å². The maximum atomic E-state index is 13.6. The Hall–Kier alpha value is -1.39. The molecule has 0 heterocycles. The second-order valence-corrected chi connectivity index (χ2v) is 5.16. The number of rotatable bonds is 3. The zero-order valence-corrected chi connectivity index (χ0v) is 12.2.